The maximum absolute atomic E-state index is 12.3. The van der Waals surface area contributed by atoms with E-state index in [1.54, 1.807) is 12.1 Å². The first-order valence-electron chi connectivity index (χ1n) is 6.47. The standard InChI is InChI=1S/C13H21BrN2O3S.ClH/c1-4-5-15-6-7-16-20(17,18)13-9-11(14)10(2)8-12(13)19-3;/h8-9,15-16H,4-7H2,1-3H3;1H. The largest absolute Gasteiger partial charge is 0.495 e. The van der Waals surface area contributed by atoms with Crippen LogP contribution >= 0.6 is 28.3 Å². The van der Waals surface area contributed by atoms with Gasteiger partial charge in [-0.15, -0.1) is 12.4 Å². The highest BCUT2D eigenvalue weighted by Crippen LogP contribution is 2.30. The van der Waals surface area contributed by atoms with Gasteiger partial charge in [-0.25, -0.2) is 13.1 Å². The summed E-state index contributed by atoms with van der Waals surface area (Å²) in [5.74, 6) is 0.347. The zero-order valence-electron chi connectivity index (χ0n) is 12.4. The molecule has 1 aromatic rings. The maximum Gasteiger partial charge on any atom is 0.244 e. The molecule has 8 heteroatoms. The third-order valence-corrected chi connectivity index (χ3v) is 5.09. The highest BCUT2D eigenvalue weighted by Gasteiger charge is 2.20. The summed E-state index contributed by atoms with van der Waals surface area (Å²) in [7, 11) is -2.11. The highest BCUT2D eigenvalue weighted by molar-refractivity contribution is 9.10. The minimum atomic E-state index is -3.57. The fraction of sp³-hybridized carbons (Fsp3) is 0.538. The molecule has 0 radical (unpaired) electrons. The van der Waals surface area contributed by atoms with Crippen molar-refractivity contribution < 1.29 is 13.2 Å². The lowest BCUT2D eigenvalue weighted by Crippen LogP contribution is -2.32. The van der Waals surface area contributed by atoms with Gasteiger partial charge in [0.05, 0.1) is 7.11 Å². The number of halogens is 2. The van der Waals surface area contributed by atoms with Crippen molar-refractivity contribution in [1.29, 1.82) is 0 Å². The maximum atomic E-state index is 12.3. The number of ether oxygens (including phenoxy) is 1. The van der Waals surface area contributed by atoms with Crippen LogP contribution in [0, 0.1) is 6.92 Å². The molecular formula is C13H22BrClN2O3S. The Labute approximate surface area is 141 Å². The molecule has 1 aromatic carbocycles. The first-order valence-corrected chi connectivity index (χ1v) is 8.74. The molecule has 0 amide bonds. The Morgan fingerprint density at radius 1 is 1.24 bits per heavy atom. The molecular weight excluding hydrogens is 380 g/mol. The van der Waals surface area contributed by atoms with Crippen LogP contribution < -0.4 is 14.8 Å². The smallest absolute Gasteiger partial charge is 0.244 e. The highest BCUT2D eigenvalue weighted by atomic mass is 79.9. The average molecular weight is 402 g/mol. The Bertz CT molecular complexity index is 553. The van der Waals surface area contributed by atoms with E-state index < -0.39 is 10.0 Å². The molecule has 1 rings (SSSR count). The van der Waals surface area contributed by atoms with Crippen molar-refractivity contribution in [1.82, 2.24) is 10.0 Å². The van der Waals surface area contributed by atoms with E-state index in [1.165, 1.54) is 7.11 Å². The van der Waals surface area contributed by atoms with Crippen LogP contribution in [0.4, 0.5) is 0 Å². The molecule has 0 unspecified atom stereocenters. The van der Waals surface area contributed by atoms with Crippen LogP contribution in [0.2, 0.25) is 0 Å². The summed E-state index contributed by atoms with van der Waals surface area (Å²) >= 11 is 3.34. The van der Waals surface area contributed by atoms with Crippen molar-refractivity contribution in [2.75, 3.05) is 26.7 Å². The first-order chi connectivity index (χ1) is 9.42. The van der Waals surface area contributed by atoms with Gasteiger partial charge in [0.1, 0.15) is 10.6 Å². The van der Waals surface area contributed by atoms with Crippen LogP contribution in [-0.2, 0) is 10.0 Å². The van der Waals surface area contributed by atoms with Crippen LogP contribution in [-0.4, -0.2) is 35.2 Å². The van der Waals surface area contributed by atoms with E-state index in [-0.39, 0.29) is 17.3 Å². The summed E-state index contributed by atoms with van der Waals surface area (Å²) in [6.45, 7) is 5.76. The zero-order valence-corrected chi connectivity index (χ0v) is 15.6. The van der Waals surface area contributed by atoms with Gasteiger partial charge in [0.15, 0.2) is 0 Å². The monoisotopic (exact) mass is 400 g/mol. The minimum absolute atomic E-state index is 0. The number of nitrogens with one attached hydrogen (secondary N) is 2. The number of sulfonamides is 1. The second kappa shape index (κ2) is 9.63. The summed E-state index contributed by atoms with van der Waals surface area (Å²) in [6.07, 6.45) is 1.02. The van der Waals surface area contributed by atoms with Gasteiger partial charge < -0.3 is 10.1 Å². The van der Waals surface area contributed by atoms with Crippen molar-refractivity contribution in [3.63, 3.8) is 0 Å². The van der Waals surface area contributed by atoms with Gasteiger partial charge >= 0.3 is 0 Å². The summed E-state index contributed by atoms with van der Waals surface area (Å²) < 4.78 is 33.0. The van der Waals surface area contributed by atoms with Crippen molar-refractivity contribution in [3.8, 4) is 5.75 Å². The Balaban J connectivity index is 0.00000400. The summed E-state index contributed by atoms with van der Waals surface area (Å²) in [6, 6.07) is 3.27. The minimum Gasteiger partial charge on any atom is -0.495 e. The van der Waals surface area contributed by atoms with Crippen LogP contribution in [0.25, 0.3) is 0 Å². The SMILES string of the molecule is CCCNCCNS(=O)(=O)c1cc(Br)c(C)cc1OC.Cl. The lowest BCUT2D eigenvalue weighted by Gasteiger charge is -2.12. The van der Waals surface area contributed by atoms with E-state index in [0.29, 0.717) is 18.8 Å². The number of benzene rings is 1. The molecule has 0 bridgehead atoms. The van der Waals surface area contributed by atoms with E-state index in [0.717, 1.165) is 23.0 Å². The topological polar surface area (TPSA) is 67.4 Å². The Kier molecular flexibility index (Phi) is 9.48. The molecule has 0 atom stereocenters. The molecule has 21 heavy (non-hydrogen) atoms. The molecule has 0 spiro atoms. The quantitative estimate of drug-likeness (QED) is 0.657. The predicted molar refractivity (Wildman–Crippen MR) is 91.0 cm³/mol. The van der Waals surface area contributed by atoms with E-state index in [4.69, 9.17) is 4.74 Å². The molecule has 122 valence electrons. The van der Waals surface area contributed by atoms with Crippen molar-refractivity contribution >= 4 is 38.4 Å². The summed E-state index contributed by atoms with van der Waals surface area (Å²) in [5.41, 5.74) is 0.922. The van der Waals surface area contributed by atoms with E-state index in [9.17, 15) is 8.42 Å². The number of methoxy groups -OCH3 is 1. The molecule has 0 aliphatic heterocycles. The molecule has 2 N–H and O–H groups in total. The number of hydrogen-bond acceptors (Lipinski definition) is 4. The van der Waals surface area contributed by atoms with E-state index in [2.05, 4.69) is 32.9 Å². The second-order valence-corrected chi connectivity index (χ2v) is 6.99. The van der Waals surface area contributed by atoms with Gasteiger partial charge in [-0.1, -0.05) is 22.9 Å². The zero-order chi connectivity index (χ0) is 15.2. The lowest BCUT2D eigenvalue weighted by atomic mass is 10.2. The van der Waals surface area contributed by atoms with Crippen LogP contribution in [0.1, 0.15) is 18.9 Å². The third kappa shape index (κ3) is 6.12. The Hall–Kier alpha value is -0.340. The van der Waals surface area contributed by atoms with Crippen LogP contribution in [0.15, 0.2) is 21.5 Å². The van der Waals surface area contributed by atoms with Gasteiger partial charge in [-0.2, -0.15) is 0 Å². The van der Waals surface area contributed by atoms with E-state index >= 15 is 0 Å². The molecule has 0 saturated carbocycles. The number of rotatable bonds is 8. The fourth-order valence-electron chi connectivity index (χ4n) is 1.66. The molecule has 0 heterocycles. The van der Waals surface area contributed by atoms with Gasteiger partial charge in [0.2, 0.25) is 10.0 Å². The number of hydrogen-bond donors (Lipinski definition) is 2. The Morgan fingerprint density at radius 3 is 2.48 bits per heavy atom. The van der Waals surface area contributed by atoms with Crippen molar-refractivity contribution in [3.05, 3.63) is 22.2 Å². The van der Waals surface area contributed by atoms with E-state index in [1.807, 2.05) is 6.92 Å². The summed E-state index contributed by atoms with van der Waals surface area (Å²) in [5, 5.41) is 3.14. The molecule has 5 nitrogen and oxygen atoms in total. The summed E-state index contributed by atoms with van der Waals surface area (Å²) in [4.78, 5) is 0.146. The normalized spacial score (nSPS) is 11.0. The Morgan fingerprint density at radius 2 is 1.90 bits per heavy atom. The molecule has 0 aliphatic carbocycles. The van der Waals surface area contributed by atoms with Crippen LogP contribution in [0.5, 0.6) is 5.75 Å². The third-order valence-electron chi connectivity index (χ3n) is 2.76. The molecule has 0 aromatic heterocycles. The lowest BCUT2D eigenvalue weighted by molar-refractivity contribution is 0.402. The molecule has 0 saturated heterocycles. The predicted octanol–water partition coefficient (Wildman–Crippen LogP) is 2.47. The van der Waals surface area contributed by atoms with Gasteiger partial charge in [0, 0.05) is 17.6 Å². The average Bonchev–Trinajstić information content (AvgIpc) is 2.41. The van der Waals surface area contributed by atoms with Crippen molar-refractivity contribution in [2.45, 2.75) is 25.2 Å². The molecule has 0 aliphatic rings. The fourth-order valence-corrected chi connectivity index (χ4v) is 3.36. The number of aryl methyl sites for hydroxylation is 1. The first kappa shape index (κ1) is 20.7. The van der Waals surface area contributed by atoms with Gasteiger partial charge in [-0.05, 0) is 37.6 Å². The van der Waals surface area contributed by atoms with Gasteiger partial charge in [0.25, 0.3) is 0 Å². The van der Waals surface area contributed by atoms with Crippen LogP contribution in [0.3, 0.4) is 0 Å². The molecule has 0 fully saturated rings. The van der Waals surface area contributed by atoms with Gasteiger partial charge in [-0.3, -0.25) is 0 Å². The van der Waals surface area contributed by atoms with Crippen molar-refractivity contribution in [2.24, 2.45) is 0 Å². The second-order valence-electron chi connectivity index (χ2n) is 4.40.